The van der Waals surface area contributed by atoms with Gasteiger partial charge in [0.1, 0.15) is 5.75 Å². The molecule has 0 spiro atoms. The lowest BCUT2D eigenvalue weighted by molar-refractivity contribution is 0.415. The Labute approximate surface area is 111 Å². The van der Waals surface area contributed by atoms with Crippen molar-refractivity contribution in [1.29, 1.82) is 0 Å². The van der Waals surface area contributed by atoms with Crippen LogP contribution in [0, 0.1) is 6.92 Å². The largest absolute Gasteiger partial charge is 0.497 e. The molecule has 1 N–H and O–H groups in total. The Morgan fingerprint density at radius 1 is 1.39 bits per heavy atom. The molecule has 1 aromatic heterocycles. The summed E-state index contributed by atoms with van der Waals surface area (Å²) in [5.74, 6) is 0.858. The quantitative estimate of drug-likeness (QED) is 0.832. The summed E-state index contributed by atoms with van der Waals surface area (Å²) in [6, 6.07) is 7.95. The highest BCUT2D eigenvalue weighted by molar-refractivity contribution is 7.16. The smallest absolute Gasteiger partial charge is 0.183 e. The Bertz CT molecular complexity index is 531. The molecule has 0 bridgehead atoms. The predicted molar refractivity (Wildman–Crippen MR) is 77.5 cm³/mol. The summed E-state index contributed by atoms with van der Waals surface area (Å²) < 4.78 is 5.15. The number of aromatic nitrogens is 1. The average molecular weight is 260 g/mol. The molecule has 0 fully saturated rings. The molecule has 0 amide bonds. The maximum absolute atomic E-state index is 5.15. The molecule has 0 saturated carbocycles. The van der Waals surface area contributed by atoms with Crippen molar-refractivity contribution < 1.29 is 4.74 Å². The first-order chi connectivity index (χ1) is 8.74. The van der Waals surface area contributed by atoms with Crippen LogP contribution in [-0.4, -0.2) is 18.6 Å². The first-order valence-electron chi connectivity index (χ1n) is 5.71. The Balaban J connectivity index is 2.25. The van der Waals surface area contributed by atoms with E-state index in [2.05, 4.69) is 23.8 Å². The van der Waals surface area contributed by atoms with E-state index in [4.69, 9.17) is 4.74 Å². The number of rotatable bonds is 5. The summed E-state index contributed by atoms with van der Waals surface area (Å²) >= 11 is 1.66. The second-order valence-electron chi connectivity index (χ2n) is 3.82. The monoisotopic (exact) mass is 260 g/mol. The van der Waals surface area contributed by atoms with E-state index in [0.717, 1.165) is 28.7 Å². The maximum atomic E-state index is 5.15. The van der Waals surface area contributed by atoms with Crippen LogP contribution in [0.25, 0.3) is 11.3 Å². The van der Waals surface area contributed by atoms with Gasteiger partial charge in [-0.15, -0.1) is 17.9 Å². The van der Waals surface area contributed by atoms with E-state index in [0.29, 0.717) is 0 Å². The van der Waals surface area contributed by atoms with E-state index < -0.39 is 0 Å². The lowest BCUT2D eigenvalue weighted by Crippen LogP contribution is -1.96. The van der Waals surface area contributed by atoms with Crippen molar-refractivity contribution in [3.05, 3.63) is 41.8 Å². The normalized spacial score (nSPS) is 10.1. The van der Waals surface area contributed by atoms with E-state index in [1.54, 1.807) is 18.4 Å². The fraction of sp³-hybridized carbons (Fsp3) is 0.214. The van der Waals surface area contributed by atoms with Gasteiger partial charge in [0.2, 0.25) is 0 Å². The summed E-state index contributed by atoms with van der Waals surface area (Å²) in [7, 11) is 1.67. The number of methoxy groups -OCH3 is 1. The third-order valence-electron chi connectivity index (χ3n) is 2.56. The molecule has 0 atom stereocenters. The Kier molecular flexibility index (Phi) is 3.99. The molecule has 4 heteroatoms. The minimum absolute atomic E-state index is 0.731. The topological polar surface area (TPSA) is 34.2 Å². The summed E-state index contributed by atoms with van der Waals surface area (Å²) in [6.07, 6.45) is 1.82. The molecule has 2 rings (SSSR count). The highest BCUT2D eigenvalue weighted by Crippen LogP contribution is 2.31. The van der Waals surface area contributed by atoms with Crippen molar-refractivity contribution in [2.24, 2.45) is 0 Å². The Hall–Kier alpha value is -1.81. The molecule has 18 heavy (non-hydrogen) atoms. The van der Waals surface area contributed by atoms with E-state index in [1.165, 1.54) is 4.88 Å². The highest BCUT2D eigenvalue weighted by Gasteiger charge is 2.09. The summed E-state index contributed by atoms with van der Waals surface area (Å²) in [5.41, 5.74) is 2.13. The summed E-state index contributed by atoms with van der Waals surface area (Å²) in [4.78, 5) is 5.79. The molecule has 1 aromatic carbocycles. The lowest BCUT2D eigenvalue weighted by Gasteiger charge is -2.01. The van der Waals surface area contributed by atoms with Crippen molar-refractivity contribution in [2.45, 2.75) is 6.92 Å². The van der Waals surface area contributed by atoms with Crippen LogP contribution in [0.2, 0.25) is 0 Å². The van der Waals surface area contributed by atoms with Crippen LogP contribution in [0.1, 0.15) is 4.88 Å². The van der Waals surface area contributed by atoms with Crippen LogP contribution in [0.15, 0.2) is 36.9 Å². The van der Waals surface area contributed by atoms with Gasteiger partial charge in [-0.25, -0.2) is 4.98 Å². The van der Waals surface area contributed by atoms with Crippen molar-refractivity contribution in [3.63, 3.8) is 0 Å². The SMILES string of the molecule is C=CCNc1nc(-c2ccc(OC)cc2)c(C)s1. The predicted octanol–water partition coefficient (Wildman–Crippen LogP) is 3.73. The van der Waals surface area contributed by atoms with Crippen molar-refractivity contribution >= 4 is 16.5 Å². The van der Waals surface area contributed by atoms with Crippen LogP contribution >= 0.6 is 11.3 Å². The first kappa shape index (κ1) is 12.6. The minimum Gasteiger partial charge on any atom is -0.497 e. The molecule has 1 heterocycles. The molecule has 0 radical (unpaired) electrons. The molecule has 0 aliphatic carbocycles. The molecule has 3 nitrogen and oxygen atoms in total. The number of ether oxygens (including phenoxy) is 1. The van der Waals surface area contributed by atoms with Crippen LogP contribution in [0.5, 0.6) is 5.75 Å². The number of nitrogens with one attached hydrogen (secondary N) is 1. The molecule has 0 aliphatic heterocycles. The second-order valence-corrected chi connectivity index (χ2v) is 5.03. The molecular formula is C14H16N2OS. The summed E-state index contributed by atoms with van der Waals surface area (Å²) in [6.45, 7) is 6.49. The number of hydrogen-bond acceptors (Lipinski definition) is 4. The van der Waals surface area contributed by atoms with E-state index in [-0.39, 0.29) is 0 Å². The van der Waals surface area contributed by atoms with E-state index in [9.17, 15) is 0 Å². The molecular weight excluding hydrogens is 244 g/mol. The van der Waals surface area contributed by atoms with Gasteiger partial charge in [-0.05, 0) is 31.2 Å². The molecule has 94 valence electrons. The minimum atomic E-state index is 0.731. The molecule has 2 aromatic rings. The number of hydrogen-bond donors (Lipinski definition) is 1. The molecule has 0 saturated heterocycles. The molecule has 0 aliphatic rings. The van der Waals surface area contributed by atoms with Crippen LogP contribution in [0.3, 0.4) is 0 Å². The van der Waals surface area contributed by atoms with Gasteiger partial charge in [-0.1, -0.05) is 6.08 Å². The average Bonchev–Trinajstić information content (AvgIpc) is 2.78. The third kappa shape index (κ3) is 2.71. The Morgan fingerprint density at radius 2 is 2.11 bits per heavy atom. The maximum Gasteiger partial charge on any atom is 0.183 e. The van der Waals surface area contributed by atoms with Gasteiger partial charge < -0.3 is 10.1 Å². The number of benzene rings is 1. The number of nitrogens with zero attached hydrogens (tertiary/aromatic N) is 1. The molecule has 0 unspecified atom stereocenters. The second kappa shape index (κ2) is 5.69. The van der Waals surface area contributed by atoms with Gasteiger partial charge in [0.25, 0.3) is 0 Å². The van der Waals surface area contributed by atoms with Crippen molar-refractivity contribution in [1.82, 2.24) is 4.98 Å². The fourth-order valence-electron chi connectivity index (χ4n) is 1.65. The van der Waals surface area contributed by atoms with Gasteiger partial charge >= 0.3 is 0 Å². The van der Waals surface area contributed by atoms with Gasteiger partial charge in [0, 0.05) is 17.0 Å². The zero-order chi connectivity index (χ0) is 13.0. The van der Waals surface area contributed by atoms with Crippen molar-refractivity contribution in [3.8, 4) is 17.0 Å². The standard InChI is InChI=1S/C14H16N2OS/c1-4-9-15-14-16-13(10(2)18-14)11-5-7-12(17-3)8-6-11/h4-8H,1,9H2,2-3H3,(H,15,16). The Morgan fingerprint density at radius 3 is 2.72 bits per heavy atom. The van der Waals surface area contributed by atoms with E-state index >= 15 is 0 Å². The van der Waals surface area contributed by atoms with Gasteiger partial charge in [-0.2, -0.15) is 0 Å². The number of thiazole rings is 1. The highest BCUT2D eigenvalue weighted by atomic mass is 32.1. The number of aryl methyl sites for hydroxylation is 1. The van der Waals surface area contributed by atoms with Crippen LogP contribution in [0.4, 0.5) is 5.13 Å². The lowest BCUT2D eigenvalue weighted by atomic mass is 10.1. The first-order valence-corrected chi connectivity index (χ1v) is 6.53. The van der Waals surface area contributed by atoms with Crippen LogP contribution in [-0.2, 0) is 0 Å². The number of anilines is 1. The zero-order valence-electron chi connectivity index (χ0n) is 10.6. The van der Waals surface area contributed by atoms with E-state index in [1.807, 2.05) is 30.3 Å². The van der Waals surface area contributed by atoms with Crippen LogP contribution < -0.4 is 10.1 Å². The van der Waals surface area contributed by atoms with Crippen molar-refractivity contribution in [2.75, 3.05) is 19.0 Å². The van der Waals surface area contributed by atoms with Gasteiger partial charge in [0.15, 0.2) is 5.13 Å². The fourth-order valence-corrected chi connectivity index (χ4v) is 2.49. The van der Waals surface area contributed by atoms with Gasteiger partial charge in [-0.3, -0.25) is 0 Å². The zero-order valence-corrected chi connectivity index (χ0v) is 11.4. The summed E-state index contributed by atoms with van der Waals surface area (Å²) in [5, 5.41) is 4.14. The van der Waals surface area contributed by atoms with Gasteiger partial charge in [0.05, 0.1) is 12.8 Å². The third-order valence-corrected chi connectivity index (χ3v) is 3.49.